The minimum atomic E-state index is 0.0295. The topological polar surface area (TPSA) is 9.23 Å². The molecule has 0 bridgehead atoms. The van der Waals surface area contributed by atoms with Crippen LogP contribution in [0.25, 0.3) is 0 Å². The van der Waals surface area contributed by atoms with E-state index in [-0.39, 0.29) is 11.2 Å². The predicted molar refractivity (Wildman–Crippen MR) is 56.8 cm³/mol. The fourth-order valence-corrected chi connectivity index (χ4v) is 2.91. The second-order valence-corrected chi connectivity index (χ2v) is 6.59. The van der Waals surface area contributed by atoms with Gasteiger partial charge in [-0.15, -0.1) is 0 Å². The molecule has 13 heavy (non-hydrogen) atoms. The average Bonchev–Trinajstić information content (AvgIpc) is 1.97. The molecule has 1 unspecified atom stereocenters. The maximum atomic E-state index is 6.08. The van der Waals surface area contributed by atoms with Crippen molar-refractivity contribution in [2.24, 2.45) is 11.3 Å². The Morgan fingerprint density at radius 1 is 1.08 bits per heavy atom. The van der Waals surface area contributed by atoms with Crippen LogP contribution in [0.3, 0.4) is 0 Å². The Bertz CT molecular complexity index is 196. The summed E-state index contributed by atoms with van der Waals surface area (Å²) in [4.78, 5) is 0. The molecule has 0 aromatic rings. The van der Waals surface area contributed by atoms with Gasteiger partial charge in [0.1, 0.15) is 0 Å². The van der Waals surface area contributed by atoms with Crippen LogP contribution >= 0.6 is 0 Å². The highest BCUT2D eigenvalue weighted by molar-refractivity contribution is 4.98. The van der Waals surface area contributed by atoms with Crippen LogP contribution in [0.1, 0.15) is 54.9 Å². The van der Waals surface area contributed by atoms with Gasteiger partial charge in [-0.1, -0.05) is 20.8 Å². The summed E-state index contributed by atoms with van der Waals surface area (Å²) in [6.07, 6.45) is 1.17. The summed E-state index contributed by atoms with van der Waals surface area (Å²) in [5.41, 5.74) is 0.431. The molecule has 0 aliphatic carbocycles. The summed E-state index contributed by atoms with van der Waals surface area (Å²) >= 11 is 0. The summed E-state index contributed by atoms with van der Waals surface area (Å²) in [6.45, 7) is 15.8. The molecular weight excluding hydrogens is 160 g/mol. The van der Waals surface area contributed by atoms with Crippen LogP contribution in [-0.4, -0.2) is 11.2 Å². The molecule has 1 heterocycles. The van der Waals surface area contributed by atoms with Gasteiger partial charge < -0.3 is 4.74 Å². The quantitative estimate of drug-likeness (QED) is 0.558. The van der Waals surface area contributed by atoms with E-state index in [9.17, 15) is 0 Å². The molecule has 0 aromatic carbocycles. The van der Waals surface area contributed by atoms with Gasteiger partial charge in [0, 0.05) is 0 Å². The molecule has 1 fully saturated rings. The maximum absolute atomic E-state index is 6.08. The number of rotatable bonds is 0. The van der Waals surface area contributed by atoms with Crippen molar-refractivity contribution in [3.8, 4) is 0 Å². The lowest BCUT2D eigenvalue weighted by Gasteiger charge is -2.36. The van der Waals surface area contributed by atoms with Gasteiger partial charge in [0.05, 0.1) is 11.2 Å². The lowest BCUT2D eigenvalue weighted by Crippen LogP contribution is -2.36. The molecule has 1 rings (SSSR count). The van der Waals surface area contributed by atoms with Gasteiger partial charge in [-0.2, -0.15) is 0 Å². The minimum Gasteiger partial charge on any atom is -0.369 e. The standard InChI is InChI=1S/C12H24O/c1-10(2,3)9-8-11(4,5)13-12(9,6)7/h9H,8H2,1-7H3. The molecular formula is C12H24O. The molecule has 1 aliphatic rings. The van der Waals surface area contributed by atoms with Crippen LogP contribution in [0.5, 0.6) is 0 Å². The highest BCUT2D eigenvalue weighted by Crippen LogP contribution is 2.49. The molecule has 1 aliphatic heterocycles. The third-order valence-electron chi connectivity index (χ3n) is 3.12. The normalized spacial score (nSPS) is 32.1. The van der Waals surface area contributed by atoms with E-state index in [0.29, 0.717) is 11.3 Å². The predicted octanol–water partition coefficient (Wildman–Crippen LogP) is 3.63. The molecule has 0 spiro atoms. The second-order valence-electron chi connectivity index (χ2n) is 6.59. The van der Waals surface area contributed by atoms with Crippen LogP contribution < -0.4 is 0 Å². The zero-order valence-corrected chi connectivity index (χ0v) is 10.2. The van der Waals surface area contributed by atoms with E-state index in [1.54, 1.807) is 0 Å². The first-order valence-electron chi connectivity index (χ1n) is 5.25. The van der Waals surface area contributed by atoms with E-state index >= 15 is 0 Å². The molecule has 0 radical (unpaired) electrons. The Kier molecular flexibility index (Phi) is 2.31. The zero-order chi connectivity index (χ0) is 10.5. The van der Waals surface area contributed by atoms with Crippen LogP contribution in [-0.2, 0) is 4.74 Å². The van der Waals surface area contributed by atoms with E-state index in [0.717, 1.165) is 0 Å². The monoisotopic (exact) mass is 184 g/mol. The summed E-state index contributed by atoms with van der Waals surface area (Å²) in [5.74, 6) is 0.648. The SMILES string of the molecule is CC1(C)CC(C(C)(C)C)C(C)(C)O1. The van der Waals surface area contributed by atoms with Crippen molar-refractivity contribution in [2.75, 3.05) is 0 Å². The lowest BCUT2D eigenvalue weighted by atomic mass is 9.70. The molecule has 1 heteroatoms. The van der Waals surface area contributed by atoms with Crippen molar-refractivity contribution >= 4 is 0 Å². The van der Waals surface area contributed by atoms with Crippen LogP contribution in [0.2, 0.25) is 0 Å². The van der Waals surface area contributed by atoms with Crippen molar-refractivity contribution in [1.82, 2.24) is 0 Å². The first-order chi connectivity index (χ1) is 5.55. The summed E-state index contributed by atoms with van der Waals surface area (Å²) < 4.78 is 6.08. The van der Waals surface area contributed by atoms with Crippen molar-refractivity contribution in [3.63, 3.8) is 0 Å². The van der Waals surface area contributed by atoms with Gasteiger partial charge in [0.15, 0.2) is 0 Å². The molecule has 0 aromatic heterocycles. The third kappa shape index (κ3) is 2.25. The fraction of sp³-hybridized carbons (Fsp3) is 1.00. The van der Waals surface area contributed by atoms with Crippen molar-refractivity contribution in [1.29, 1.82) is 0 Å². The van der Waals surface area contributed by atoms with Crippen LogP contribution in [0.15, 0.2) is 0 Å². The van der Waals surface area contributed by atoms with E-state index in [2.05, 4.69) is 48.5 Å². The molecule has 78 valence electrons. The van der Waals surface area contributed by atoms with Crippen LogP contribution in [0, 0.1) is 11.3 Å². The number of hydrogen-bond acceptors (Lipinski definition) is 1. The molecule has 0 saturated carbocycles. The highest BCUT2D eigenvalue weighted by atomic mass is 16.5. The smallest absolute Gasteiger partial charge is 0.0667 e. The highest BCUT2D eigenvalue weighted by Gasteiger charge is 2.50. The Balaban J connectivity index is 2.89. The van der Waals surface area contributed by atoms with Gasteiger partial charge in [0.25, 0.3) is 0 Å². The fourth-order valence-electron chi connectivity index (χ4n) is 2.91. The number of hydrogen-bond donors (Lipinski definition) is 0. The largest absolute Gasteiger partial charge is 0.369 e. The van der Waals surface area contributed by atoms with Crippen molar-refractivity contribution in [2.45, 2.75) is 66.1 Å². The molecule has 1 saturated heterocycles. The minimum absolute atomic E-state index is 0.0295. The van der Waals surface area contributed by atoms with E-state index in [1.165, 1.54) is 6.42 Å². The lowest BCUT2D eigenvalue weighted by molar-refractivity contribution is -0.0850. The Morgan fingerprint density at radius 3 is 1.69 bits per heavy atom. The van der Waals surface area contributed by atoms with Gasteiger partial charge in [-0.3, -0.25) is 0 Å². The third-order valence-corrected chi connectivity index (χ3v) is 3.12. The van der Waals surface area contributed by atoms with Crippen molar-refractivity contribution < 1.29 is 4.74 Å². The van der Waals surface area contributed by atoms with Crippen molar-refractivity contribution in [3.05, 3.63) is 0 Å². The van der Waals surface area contributed by atoms with E-state index in [1.807, 2.05) is 0 Å². The van der Waals surface area contributed by atoms with Gasteiger partial charge in [-0.05, 0) is 45.4 Å². The molecule has 1 nitrogen and oxygen atoms in total. The summed E-state index contributed by atoms with van der Waals surface area (Å²) in [5, 5.41) is 0. The zero-order valence-electron chi connectivity index (χ0n) is 10.2. The molecule has 1 atom stereocenters. The first-order valence-corrected chi connectivity index (χ1v) is 5.25. The Labute approximate surface area is 82.9 Å². The van der Waals surface area contributed by atoms with E-state index in [4.69, 9.17) is 4.74 Å². The summed E-state index contributed by atoms with van der Waals surface area (Å²) in [6, 6.07) is 0. The number of ether oxygens (including phenoxy) is 1. The average molecular weight is 184 g/mol. The second kappa shape index (κ2) is 2.73. The Morgan fingerprint density at radius 2 is 1.54 bits per heavy atom. The molecule has 0 N–H and O–H groups in total. The van der Waals surface area contributed by atoms with Crippen LogP contribution in [0.4, 0.5) is 0 Å². The molecule has 0 amide bonds. The maximum Gasteiger partial charge on any atom is 0.0667 e. The summed E-state index contributed by atoms with van der Waals surface area (Å²) in [7, 11) is 0. The first kappa shape index (κ1) is 11.0. The van der Waals surface area contributed by atoms with Gasteiger partial charge >= 0.3 is 0 Å². The Hall–Kier alpha value is -0.0400. The van der Waals surface area contributed by atoms with E-state index < -0.39 is 0 Å². The van der Waals surface area contributed by atoms with Gasteiger partial charge in [-0.25, -0.2) is 0 Å². The van der Waals surface area contributed by atoms with Gasteiger partial charge in [0.2, 0.25) is 0 Å².